The molecular formula is C12H21NOS. The van der Waals surface area contributed by atoms with Crippen molar-refractivity contribution < 1.29 is 4.74 Å². The standard InChI is InChI=1S/C12H21NOS/c1-4-14-12(2,3)11(13)8-7-10-6-5-9-15-10/h5-6,9,11H,4,7-8,13H2,1-3H3. The number of rotatable bonds is 6. The van der Waals surface area contributed by atoms with E-state index < -0.39 is 0 Å². The summed E-state index contributed by atoms with van der Waals surface area (Å²) in [4.78, 5) is 1.40. The van der Waals surface area contributed by atoms with Gasteiger partial charge in [-0.15, -0.1) is 11.3 Å². The Morgan fingerprint density at radius 1 is 1.53 bits per heavy atom. The van der Waals surface area contributed by atoms with Crippen molar-refractivity contribution >= 4 is 11.3 Å². The van der Waals surface area contributed by atoms with Crippen molar-refractivity contribution in [2.75, 3.05) is 6.61 Å². The van der Waals surface area contributed by atoms with Gasteiger partial charge in [0.25, 0.3) is 0 Å². The molecule has 0 aliphatic rings. The Labute approximate surface area is 96.4 Å². The van der Waals surface area contributed by atoms with Crippen molar-refractivity contribution in [1.29, 1.82) is 0 Å². The van der Waals surface area contributed by atoms with E-state index in [4.69, 9.17) is 10.5 Å². The topological polar surface area (TPSA) is 35.2 Å². The molecule has 1 rings (SSSR count). The summed E-state index contributed by atoms with van der Waals surface area (Å²) >= 11 is 1.79. The first-order valence-corrected chi connectivity index (χ1v) is 6.36. The van der Waals surface area contributed by atoms with Gasteiger partial charge < -0.3 is 10.5 Å². The van der Waals surface area contributed by atoms with E-state index in [1.807, 2.05) is 6.92 Å². The van der Waals surface area contributed by atoms with E-state index in [1.54, 1.807) is 11.3 Å². The fourth-order valence-electron chi connectivity index (χ4n) is 1.58. The Morgan fingerprint density at radius 3 is 2.80 bits per heavy atom. The minimum Gasteiger partial charge on any atom is -0.374 e. The summed E-state index contributed by atoms with van der Waals surface area (Å²) in [6.45, 7) is 6.86. The Bertz CT molecular complexity index is 269. The molecule has 15 heavy (non-hydrogen) atoms. The highest BCUT2D eigenvalue weighted by molar-refractivity contribution is 7.09. The monoisotopic (exact) mass is 227 g/mol. The summed E-state index contributed by atoms with van der Waals surface area (Å²) < 4.78 is 5.64. The second-order valence-corrected chi connectivity index (χ2v) is 5.29. The minimum atomic E-state index is -0.216. The summed E-state index contributed by atoms with van der Waals surface area (Å²) in [5, 5.41) is 2.11. The van der Waals surface area contributed by atoms with Gasteiger partial charge in [0.2, 0.25) is 0 Å². The normalized spacial score (nSPS) is 14.1. The number of thiophene rings is 1. The summed E-state index contributed by atoms with van der Waals surface area (Å²) in [5.74, 6) is 0. The summed E-state index contributed by atoms with van der Waals surface area (Å²) in [6, 6.07) is 4.34. The number of hydrogen-bond acceptors (Lipinski definition) is 3. The van der Waals surface area contributed by atoms with Crippen LogP contribution >= 0.6 is 11.3 Å². The fraction of sp³-hybridized carbons (Fsp3) is 0.667. The summed E-state index contributed by atoms with van der Waals surface area (Å²) in [5.41, 5.74) is 5.92. The van der Waals surface area contributed by atoms with E-state index in [1.165, 1.54) is 4.88 Å². The quantitative estimate of drug-likeness (QED) is 0.811. The summed E-state index contributed by atoms with van der Waals surface area (Å²) in [6.07, 6.45) is 2.03. The molecule has 0 radical (unpaired) electrons. The molecule has 3 heteroatoms. The molecule has 1 aromatic rings. The van der Waals surface area contributed by atoms with Gasteiger partial charge in [0, 0.05) is 17.5 Å². The Hall–Kier alpha value is -0.380. The molecule has 2 nitrogen and oxygen atoms in total. The lowest BCUT2D eigenvalue weighted by molar-refractivity contribution is -0.0305. The molecule has 0 amide bonds. The van der Waals surface area contributed by atoms with Gasteiger partial charge in [0.1, 0.15) is 0 Å². The van der Waals surface area contributed by atoms with Gasteiger partial charge >= 0.3 is 0 Å². The number of aryl methyl sites for hydroxylation is 1. The van der Waals surface area contributed by atoms with E-state index in [-0.39, 0.29) is 11.6 Å². The minimum absolute atomic E-state index is 0.0968. The molecule has 1 aromatic heterocycles. The van der Waals surface area contributed by atoms with Crippen molar-refractivity contribution in [1.82, 2.24) is 0 Å². The molecule has 0 spiro atoms. The van der Waals surface area contributed by atoms with Crippen molar-refractivity contribution in [3.05, 3.63) is 22.4 Å². The highest BCUT2D eigenvalue weighted by atomic mass is 32.1. The lowest BCUT2D eigenvalue weighted by Gasteiger charge is -2.31. The van der Waals surface area contributed by atoms with Crippen LogP contribution in [0.3, 0.4) is 0 Å². The number of nitrogens with two attached hydrogens (primary N) is 1. The van der Waals surface area contributed by atoms with E-state index in [0.29, 0.717) is 0 Å². The highest BCUT2D eigenvalue weighted by Gasteiger charge is 2.26. The molecule has 0 fully saturated rings. The highest BCUT2D eigenvalue weighted by Crippen LogP contribution is 2.19. The molecule has 86 valence electrons. The van der Waals surface area contributed by atoms with Crippen LogP contribution in [-0.2, 0) is 11.2 Å². The van der Waals surface area contributed by atoms with Crippen LogP contribution in [0.1, 0.15) is 32.1 Å². The Balaban J connectivity index is 2.38. The van der Waals surface area contributed by atoms with Crippen LogP contribution in [0.15, 0.2) is 17.5 Å². The molecule has 1 atom stereocenters. The SMILES string of the molecule is CCOC(C)(C)C(N)CCc1cccs1. The first-order valence-electron chi connectivity index (χ1n) is 5.48. The maximum absolute atomic E-state index is 6.13. The van der Waals surface area contributed by atoms with Crippen LogP contribution < -0.4 is 5.73 Å². The fourth-order valence-corrected chi connectivity index (χ4v) is 2.30. The van der Waals surface area contributed by atoms with Crippen LogP contribution in [0, 0.1) is 0 Å². The first kappa shape index (κ1) is 12.7. The molecule has 0 saturated heterocycles. The molecule has 1 heterocycles. The van der Waals surface area contributed by atoms with Crippen LogP contribution in [0.4, 0.5) is 0 Å². The molecule has 0 aliphatic heterocycles. The average Bonchev–Trinajstić information content (AvgIpc) is 2.66. The van der Waals surface area contributed by atoms with E-state index in [9.17, 15) is 0 Å². The van der Waals surface area contributed by atoms with Crippen molar-refractivity contribution in [3.63, 3.8) is 0 Å². The number of hydrogen-bond donors (Lipinski definition) is 1. The molecule has 0 saturated carbocycles. The maximum Gasteiger partial charge on any atom is 0.0776 e. The second-order valence-electron chi connectivity index (χ2n) is 4.26. The molecule has 0 aromatic carbocycles. The molecule has 1 unspecified atom stereocenters. The van der Waals surface area contributed by atoms with Gasteiger partial charge in [-0.3, -0.25) is 0 Å². The molecule has 2 N–H and O–H groups in total. The average molecular weight is 227 g/mol. The lowest BCUT2D eigenvalue weighted by Crippen LogP contribution is -2.45. The molecule has 0 bridgehead atoms. The van der Waals surface area contributed by atoms with Crippen molar-refractivity contribution in [2.45, 2.75) is 45.3 Å². The third-order valence-electron chi connectivity index (χ3n) is 2.69. The van der Waals surface area contributed by atoms with Gasteiger partial charge in [0.15, 0.2) is 0 Å². The van der Waals surface area contributed by atoms with Crippen LogP contribution in [-0.4, -0.2) is 18.2 Å². The molecular weight excluding hydrogens is 206 g/mol. The number of ether oxygens (including phenoxy) is 1. The second kappa shape index (κ2) is 5.64. The van der Waals surface area contributed by atoms with E-state index in [0.717, 1.165) is 19.4 Å². The predicted molar refractivity (Wildman–Crippen MR) is 66.3 cm³/mol. The zero-order chi connectivity index (χ0) is 11.3. The Morgan fingerprint density at radius 2 is 2.27 bits per heavy atom. The van der Waals surface area contributed by atoms with E-state index >= 15 is 0 Å². The van der Waals surface area contributed by atoms with Gasteiger partial charge in [-0.25, -0.2) is 0 Å². The first-order chi connectivity index (χ1) is 7.06. The van der Waals surface area contributed by atoms with Crippen molar-refractivity contribution in [2.24, 2.45) is 5.73 Å². The van der Waals surface area contributed by atoms with Crippen LogP contribution in [0.5, 0.6) is 0 Å². The third-order valence-corrected chi connectivity index (χ3v) is 3.63. The summed E-state index contributed by atoms with van der Waals surface area (Å²) in [7, 11) is 0. The van der Waals surface area contributed by atoms with Crippen LogP contribution in [0.2, 0.25) is 0 Å². The van der Waals surface area contributed by atoms with Gasteiger partial charge in [-0.1, -0.05) is 6.07 Å². The van der Waals surface area contributed by atoms with Gasteiger partial charge in [-0.05, 0) is 45.1 Å². The molecule has 0 aliphatic carbocycles. The third kappa shape index (κ3) is 3.93. The van der Waals surface area contributed by atoms with Gasteiger partial charge in [0.05, 0.1) is 5.60 Å². The predicted octanol–water partition coefficient (Wildman–Crippen LogP) is 2.82. The zero-order valence-corrected chi connectivity index (χ0v) is 10.6. The Kier molecular flexibility index (Phi) is 4.77. The maximum atomic E-state index is 6.13. The van der Waals surface area contributed by atoms with Crippen molar-refractivity contribution in [3.8, 4) is 0 Å². The van der Waals surface area contributed by atoms with E-state index in [2.05, 4.69) is 31.4 Å². The zero-order valence-electron chi connectivity index (χ0n) is 9.82. The smallest absolute Gasteiger partial charge is 0.0776 e. The van der Waals surface area contributed by atoms with Crippen LogP contribution in [0.25, 0.3) is 0 Å². The van der Waals surface area contributed by atoms with Gasteiger partial charge in [-0.2, -0.15) is 0 Å². The lowest BCUT2D eigenvalue weighted by atomic mass is 9.95. The largest absolute Gasteiger partial charge is 0.374 e.